The van der Waals surface area contributed by atoms with Crippen LogP contribution in [-0.4, -0.2) is 73.7 Å². The number of carbonyl (C=O) groups is 3. The molecule has 3 aliphatic carbocycles. The zero-order chi connectivity index (χ0) is 43.3. The third-order valence-corrected chi connectivity index (χ3v) is 14.4. The Morgan fingerprint density at radius 2 is 1.74 bits per heavy atom. The minimum Gasteiger partial charge on any atom is -0.508 e. The van der Waals surface area contributed by atoms with Crippen molar-refractivity contribution in [1.29, 1.82) is 0 Å². The van der Waals surface area contributed by atoms with Crippen molar-refractivity contribution in [2.75, 3.05) is 11.9 Å². The van der Waals surface area contributed by atoms with Gasteiger partial charge in [-0.1, -0.05) is 54.3 Å². The lowest BCUT2D eigenvalue weighted by Gasteiger charge is -2.58. The Hall–Kier alpha value is -5.25. The number of phenols is 1. The van der Waals surface area contributed by atoms with Gasteiger partial charge < -0.3 is 40.3 Å². The summed E-state index contributed by atoms with van der Waals surface area (Å²) in [6.07, 6.45) is 6.11. The summed E-state index contributed by atoms with van der Waals surface area (Å²) in [4.78, 5) is 42.3. The summed E-state index contributed by atoms with van der Waals surface area (Å²) in [5.41, 5.74) is 3.13. The van der Waals surface area contributed by atoms with Crippen molar-refractivity contribution in [3.63, 3.8) is 0 Å². The molecule has 3 aromatic rings. The number of aliphatic hydroxyl groups is 4. The lowest BCUT2D eigenvalue weighted by Crippen LogP contribution is -2.65. The number of esters is 2. The van der Waals surface area contributed by atoms with E-state index in [9.17, 15) is 35.1 Å². The van der Waals surface area contributed by atoms with Gasteiger partial charge in [-0.2, -0.15) is 0 Å². The third kappa shape index (κ3) is 8.22. The highest BCUT2D eigenvalue weighted by atomic mass is 16.6. The quantitative estimate of drug-likeness (QED) is 0.0799. The second kappa shape index (κ2) is 17.1. The number of nitrogens with one attached hydrogen (secondary N) is 1. The molecule has 0 aromatic heterocycles. The molecule has 11 heteroatoms. The smallest absolute Gasteiger partial charge is 0.334 e. The Labute approximate surface area is 361 Å². The number of aromatic hydroxyl groups is 1. The molecular formula is C51H55NO10. The van der Waals surface area contributed by atoms with Crippen LogP contribution >= 0.6 is 0 Å². The SMILES string of the molecule is C[C@H](O)CNc1cc(CO)cc([C@@H]2C#C[C@@H]3CC(=O)Oc4cc(O)c(cc43)C[C@H]3OC(=O)/C(=C\[C@H](O)Cc4cccc(c4)C[C@@H]4C(=O)CC[C@@H]5[C@H]4C[C@@H]4C=CCC[C@@H]4[C@]53O)C2)c1. The predicted octanol–water partition coefficient (Wildman–Crippen LogP) is 5.73. The summed E-state index contributed by atoms with van der Waals surface area (Å²) in [5, 5.41) is 61.0. The molecule has 11 nitrogen and oxygen atoms in total. The first-order valence-electron chi connectivity index (χ1n) is 22.2. The average molecular weight is 842 g/mol. The van der Waals surface area contributed by atoms with E-state index in [4.69, 9.17) is 9.47 Å². The zero-order valence-corrected chi connectivity index (χ0v) is 35.0. The van der Waals surface area contributed by atoms with Crippen molar-refractivity contribution in [1.82, 2.24) is 0 Å². The number of ketones is 1. The number of ether oxygens (including phenoxy) is 2. The highest BCUT2D eigenvalue weighted by molar-refractivity contribution is 5.89. The van der Waals surface area contributed by atoms with Crippen molar-refractivity contribution in [3.8, 4) is 23.3 Å². The zero-order valence-electron chi connectivity index (χ0n) is 35.0. The Balaban J connectivity index is 1.26. The summed E-state index contributed by atoms with van der Waals surface area (Å²) in [6.45, 7) is 1.61. The van der Waals surface area contributed by atoms with Gasteiger partial charge >= 0.3 is 11.9 Å². The topological polar surface area (TPSA) is 183 Å². The van der Waals surface area contributed by atoms with Crippen molar-refractivity contribution in [2.45, 2.75) is 113 Å². The molecule has 3 heterocycles. The predicted molar refractivity (Wildman–Crippen MR) is 230 cm³/mol. The number of phenolic OH excluding ortho intramolecular Hbond substituents is 1. The molecule has 6 N–H and O–H groups in total. The first-order valence-corrected chi connectivity index (χ1v) is 22.2. The number of rotatable bonds is 5. The lowest BCUT2D eigenvalue weighted by molar-refractivity contribution is -0.221. The first kappa shape index (κ1) is 42.1. The number of benzene rings is 3. The molecule has 11 atom stereocenters. The summed E-state index contributed by atoms with van der Waals surface area (Å²) in [5.74, 6) is 2.83. The highest BCUT2D eigenvalue weighted by Crippen LogP contribution is 2.58. The van der Waals surface area contributed by atoms with E-state index >= 15 is 4.79 Å². The van der Waals surface area contributed by atoms with Crippen molar-refractivity contribution < 1.29 is 49.4 Å². The van der Waals surface area contributed by atoms with Gasteiger partial charge in [0.05, 0.1) is 31.2 Å². The highest BCUT2D eigenvalue weighted by Gasteiger charge is 2.62. The molecule has 2 fully saturated rings. The number of hydrogen-bond donors (Lipinski definition) is 6. The van der Waals surface area contributed by atoms with Gasteiger partial charge in [0.25, 0.3) is 0 Å². The number of carbonyl (C=O) groups excluding carboxylic acids is 3. The maximum Gasteiger partial charge on any atom is 0.334 e. The molecule has 0 amide bonds. The molecule has 10 bridgehead atoms. The molecule has 0 saturated heterocycles. The fourth-order valence-electron chi connectivity index (χ4n) is 11.5. The van der Waals surface area contributed by atoms with Gasteiger partial charge in [0.15, 0.2) is 0 Å². The minimum absolute atomic E-state index is 0.0386. The number of anilines is 1. The average Bonchev–Trinajstić information content (AvgIpc) is 3.25. The van der Waals surface area contributed by atoms with E-state index in [1.54, 1.807) is 25.1 Å². The van der Waals surface area contributed by atoms with E-state index in [1.165, 1.54) is 12.1 Å². The molecule has 3 aromatic carbocycles. The number of hydrogen-bond acceptors (Lipinski definition) is 11. The van der Waals surface area contributed by atoms with Crippen LogP contribution in [0.2, 0.25) is 0 Å². The third-order valence-electron chi connectivity index (χ3n) is 14.4. The fourth-order valence-corrected chi connectivity index (χ4v) is 11.5. The second-order valence-corrected chi connectivity index (χ2v) is 18.5. The molecule has 2 saturated carbocycles. The summed E-state index contributed by atoms with van der Waals surface area (Å²) >= 11 is 0. The van der Waals surface area contributed by atoms with Crippen LogP contribution in [0.5, 0.6) is 11.5 Å². The molecule has 6 aliphatic rings. The standard InChI is InChI=1S/C51H55NO10/c1-28(54)26-52-38-15-31(27-53)14-35(19-38)32-9-10-33-24-49(58)61-47-25-46(57)36(22-40(33)47)23-48-51(60)43-8-3-2-7-34(43)21-41-42(45(56)12-11-44(41)51)17-30-6-4-5-29(13-30)16-39(55)20-37(18-32)50(59)62-48/h2,4-7,13-15,19-20,22,25,28,32-34,39,41-44,48,52-55,57,60H,3,8,11-12,16-18,21,23-24,26-27H2,1H3/b37-20-/t28-,32+,33+,34-,39+,41-,42-,43-,44+,48+,51-/m0/s1. The maximum absolute atomic E-state index is 15.2. The molecule has 9 rings (SSSR count). The van der Waals surface area contributed by atoms with Crippen molar-refractivity contribution >= 4 is 23.4 Å². The van der Waals surface area contributed by atoms with Gasteiger partial charge in [0.1, 0.15) is 29.0 Å². The number of Topliss-reactive ketones (excluding diaryl/α,β-unsaturated/α-hetero) is 1. The van der Waals surface area contributed by atoms with Gasteiger partial charge in [0.2, 0.25) is 0 Å². The molecule has 324 valence electrons. The summed E-state index contributed by atoms with van der Waals surface area (Å²) < 4.78 is 12.4. The normalized spacial score (nSPS) is 32.9. The summed E-state index contributed by atoms with van der Waals surface area (Å²) in [7, 11) is 0. The Morgan fingerprint density at radius 3 is 2.55 bits per heavy atom. The van der Waals surface area contributed by atoms with Crippen molar-refractivity contribution in [3.05, 3.63) is 112 Å². The number of fused-ring (bicyclic) bond motifs is 9. The Morgan fingerprint density at radius 1 is 0.935 bits per heavy atom. The lowest BCUT2D eigenvalue weighted by atomic mass is 9.49. The molecular weight excluding hydrogens is 787 g/mol. The van der Waals surface area contributed by atoms with Crippen LogP contribution in [0.1, 0.15) is 97.1 Å². The number of allylic oxidation sites excluding steroid dienone is 2. The molecule has 0 unspecified atom stereocenters. The van der Waals surface area contributed by atoms with Crippen LogP contribution < -0.4 is 10.1 Å². The minimum atomic E-state index is -1.62. The van der Waals surface area contributed by atoms with E-state index in [0.29, 0.717) is 53.6 Å². The van der Waals surface area contributed by atoms with Gasteiger partial charge in [0, 0.05) is 60.5 Å². The van der Waals surface area contributed by atoms with E-state index in [1.807, 2.05) is 30.3 Å². The summed E-state index contributed by atoms with van der Waals surface area (Å²) in [6, 6.07) is 16.5. The van der Waals surface area contributed by atoms with E-state index in [-0.39, 0.29) is 91.8 Å². The maximum atomic E-state index is 15.2. The Bertz CT molecular complexity index is 2390. The largest absolute Gasteiger partial charge is 0.508 e. The van der Waals surface area contributed by atoms with E-state index < -0.39 is 53.6 Å². The molecule has 0 radical (unpaired) electrons. The molecule has 3 aliphatic heterocycles. The van der Waals surface area contributed by atoms with Gasteiger partial charge in [-0.15, -0.1) is 0 Å². The molecule has 62 heavy (non-hydrogen) atoms. The van der Waals surface area contributed by atoms with Crippen LogP contribution in [0.15, 0.2) is 78.4 Å². The second-order valence-electron chi connectivity index (χ2n) is 18.5. The number of aliphatic hydroxyl groups excluding tert-OH is 3. The fraction of sp³-hybridized carbons (Fsp3) is 0.471. The Kier molecular flexibility index (Phi) is 11.6. The molecule has 0 spiro atoms. The van der Waals surface area contributed by atoms with Crippen LogP contribution in [-0.2, 0) is 45.0 Å². The van der Waals surface area contributed by atoms with Crippen LogP contribution in [0.3, 0.4) is 0 Å². The van der Waals surface area contributed by atoms with Crippen LogP contribution in [0.25, 0.3) is 0 Å². The van der Waals surface area contributed by atoms with Gasteiger partial charge in [-0.3, -0.25) is 9.59 Å². The van der Waals surface area contributed by atoms with Gasteiger partial charge in [-0.25, -0.2) is 4.79 Å². The van der Waals surface area contributed by atoms with E-state index in [2.05, 4.69) is 29.3 Å². The van der Waals surface area contributed by atoms with E-state index in [0.717, 1.165) is 17.5 Å². The monoisotopic (exact) mass is 841 g/mol. The van der Waals surface area contributed by atoms with Crippen LogP contribution in [0.4, 0.5) is 5.69 Å². The first-order chi connectivity index (χ1) is 29.9. The van der Waals surface area contributed by atoms with Gasteiger partial charge in [-0.05, 0) is 121 Å². The van der Waals surface area contributed by atoms with Crippen molar-refractivity contribution in [2.24, 2.45) is 29.6 Å². The van der Waals surface area contributed by atoms with Crippen LogP contribution in [0, 0.1) is 41.4 Å².